The minimum absolute atomic E-state index is 0.513. The normalized spacial score (nSPS) is 28.5. The Morgan fingerprint density at radius 2 is 1.67 bits per heavy atom. The maximum absolute atomic E-state index is 13.4. The first-order valence-corrected chi connectivity index (χ1v) is 8.90. The molecule has 0 amide bonds. The van der Waals surface area contributed by atoms with Gasteiger partial charge in [-0.15, -0.1) is 0 Å². The highest BCUT2D eigenvalue weighted by Crippen LogP contribution is 2.42. The molecule has 2 aliphatic carbocycles. The third-order valence-corrected chi connectivity index (χ3v) is 5.82. The lowest BCUT2D eigenvalue weighted by Crippen LogP contribution is -2.22. The molecular formula is C20H24F4. The van der Waals surface area contributed by atoms with Crippen LogP contribution in [0.15, 0.2) is 24.3 Å². The van der Waals surface area contributed by atoms with Crippen molar-refractivity contribution in [2.45, 2.75) is 58.0 Å². The molecule has 3 rings (SSSR count). The van der Waals surface area contributed by atoms with Gasteiger partial charge in [0.05, 0.1) is 5.56 Å². The maximum atomic E-state index is 13.4. The van der Waals surface area contributed by atoms with Crippen molar-refractivity contribution in [2.24, 2.45) is 17.8 Å². The number of alkyl halides is 3. The molecule has 0 bridgehead atoms. The minimum Gasteiger partial charge on any atom is -0.206 e. The van der Waals surface area contributed by atoms with Gasteiger partial charge in [-0.1, -0.05) is 31.9 Å². The zero-order valence-electron chi connectivity index (χ0n) is 14.0. The second-order valence-corrected chi connectivity index (χ2v) is 7.48. The highest BCUT2D eigenvalue weighted by Gasteiger charge is 2.34. The van der Waals surface area contributed by atoms with Gasteiger partial charge in [-0.25, -0.2) is 4.39 Å². The first-order valence-electron chi connectivity index (χ1n) is 8.90. The van der Waals surface area contributed by atoms with Gasteiger partial charge in [-0.3, -0.25) is 0 Å². The topological polar surface area (TPSA) is 0 Å². The highest BCUT2D eigenvalue weighted by atomic mass is 19.4. The first kappa shape index (κ1) is 17.5. The summed E-state index contributed by atoms with van der Waals surface area (Å²) in [6.45, 7) is 2.31. The van der Waals surface area contributed by atoms with Gasteiger partial charge in [0.15, 0.2) is 0 Å². The molecule has 1 saturated carbocycles. The molecular weight excluding hydrogens is 316 g/mol. The number of benzene rings is 1. The van der Waals surface area contributed by atoms with E-state index in [9.17, 15) is 17.6 Å². The fraction of sp³-hybridized carbons (Fsp3) is 0.600. The van der Waals surface area contributed by atoms with Crippen LogP contribution >= 0.6 is 0 Å². The van der Waals surface area contributed by atoms with Crippen LogP contribution in [0, 0.1) is 23.6 Å². The van der Waals surface area contributed by atoms with Crippen molar-refractivity contribution in [1.29, 1.82) is 0 Å². The molecule has 0 spiro atoms. The van der Waals surface area contributed by atoms with Gasteiger partial charge in [0.2, 0.25) is 0 Å². The number of halogens is 4. The maximum Gasteiger partial charge on any atom is 0.419 e. The minimum atomic E-state index is -4.64. The Morgan fingerprint density at radius 3 is 2.25 bits per heavy atom. The second kappa shape index (κ2) is 6.89. The molecule has 0 radical (unpaired) electrons. The van der Waals surface area contributed by atoms with Crippen LogP contribution in [0.1, 0.15) is 63.0 Å². The van der Waals surface area contributed by atoms with Crippen molar-refractivity contribution in [3.8, 4) is 0 Å². The van der Waals surface area contributed by atoms with E-state index < -0.39 is 17.6 Å². The van der Waals surface area contributed by atoms with Gasteiger partial charge in [0.25, 0.3) is 0 Å². The fourth-order valence-electron chi connectivity index (χ4n) is 4.24. The van der Waals surface area contributed by atoms with Gasteiger partial charge < -0.3 is 0 Å². The summed E-state index contributed by atoms with van der Waals surface area (Å²) >= 11 is 0. The molecule has 0 heterocycles. The third-order valence-electron chi connectivity index (χ3n) is 5.82. The number of allylic oxidation sites excluding steroid dienone is 2. The second-order valence-electron chi connectivity index (χ2n) is 7.48. The Kier molecular flexibility index (Phi) is 5.03. The van der Waals surface area contributed by atoms with E-state index in [1.165, 1.54) is 31.7 Å². The van der Waals surface area contributed by atoms with Gasteiger partial charge >= 0.3 is 6.18 Å². The summed E-state index contributed by atoms with van der Waals surface area (Å²) in [5, 5.41) is 0. The lowest BCUT2D eigenvalue weighted by molar-refractivity contribution is -0.140. The molecule has 1 aromatic carbocycles. The number of hydrogen-bond donors (Lipinski definition) is 0. The molecule has 1 fully saturated rings. The molecule has 0 aliphatic heterocycles. The Labute approximate surface area is 141 Å². The Morgan fingerprint density at radius 1 is 0.958 bits per heavy atom. The zero-order valence-corrected chi connectivity index (χ0v) is 14.0. The number of hydrogen-bond acceptors (Lipinski definition) is 0. The van der Waals surface area contributed by atoms with Crippen LogP contribution < -0.4 is 0 Å². The average Bonchev–Trinajstić information content (AvgIpc) is 2.55. The third kappa shape index (κ3) is 3.84. The Bertz CT molecular complexity index is 607. The SMILES string of the molecule is CC1CCC(C2CC=C(c3ccc(F)c(C(F)(F)F)c3)CC2)CC1. The molecule has 0 aromatic heterocycles. The molecule has 0 saturated heterocycles. The predicted octanol–water partition coefficient (Wildman–Crippen LogP) is 6.85. The van der Waals surface area contributed by atoms with Gasteiger partial charge in [-0.2, -0.15) is 13.2 Å². The van der Waals surface area contributed by atoms with Crippen LogP contribution in [0.3, 0.4) is 0 Å². The molecule has 2 aliphatic rings. The molecule has 4 heteroatoms. The van der Waals surface area contributed by atoms with Crippen molar-refractivity contribution in [3.63, 3.8) is 0 Å². The van der Waals surface area contributed by atoms with Crippen LogP contribution in [0.25, 0.3) is 5.57 Å². The van der Waals surface area contributed by atoms with Gasteiger partial charge in [0, 0.05) is 0 Å². The summed E-state index contributed by atoms with van der Waals surface area (Å²) in [6.07, 6.45) is 5.36. The summed E-state index contributed by atoms with van der Waals surface area (Å²) in [6, 6.07) is 3.37. The van der Waals surface area contributed by atoms with E-state index in [0.29, 0.717) is 11.5 Å². The van der Waals surface area contributed by atoms with E-state index in [1.807, 2.05) is 0 Å². The summed E-state index contributed by atoms with van der Waals surface area (Å²) in [5.74, 6) is 1.05. The largest absolute Gasteiger partial charge is 0.419 e. The van der Waals surface area contributed by atoms with Gasteiger partial charge in [-0.05, 0) is 73.1 Å². The van der Waals surface area contributed by atoms with Crippen molar-refractivity contribution in [3.05, 3.63) is 41.2 Å². The van der Waals surface area contributed by atoms with Crippen LogP contribution in [0.2, 0.25) is 0 Å². The molecule has 24 heavy (non-hydrogen) atoms. The Balaban J connectivity index is 1.71. The Hall–Kier alpha value is -1.32. The van der Waals surface area contributed by atoms with E-state index in [1.54, 1.807) is 0 Å². The van der Waals surface area contributed by atoms with Crippen LogP contribution in [-0.4, -0.2) is 0 Å². The summed E-state index contributed by atoms with van der Waals surface area (Å²) < 4.78 is 52.0. The molecule has 1 aromatic rings. The standard InChI is InChI=1S/C20H24F4/c1-13-2-4-14(5-3-13)15-6-8-16(9-7-15)17-10-11-19(21)18(12-17)20(22,23)24/h8,10-15H,2-7,9H2,1H3. The molecule has 1 unspecified atom stereocenters. The van der Waals surface area contributed by atoms with Crippen molar-refractivity contribution < 1.29 is 17.6 Å². The smallest absolute Gasteiger partial charge is 0.206 e. The molecule has 132 valence electrons. The van der Waals surface area contributed by atoms with Crippen molar-refractivity contribution >= 4 is 5.57 Å². The zero-order chi connectivity index (χ0) is 17.3. The van der Waals surface area contributed by atoms with Crippen molar-refractivity contribution in [1.82, 2.24) is 0 Å². The fourth-order valence-corrected chi connectivity index (χ4v) is 4.24. The van der Waals surface area contributed by atoms with E-state index in [-0.39, 0.29) is 0 Å². The number of rotatable bonds is 2. The molecule has 0 nitrogen and oxygen atoms in total. The van der Waals surface area contributed by atoms with Crippen LogP contribution in [0.4, 0.5) is 17.6 Å². The summed E-state index contributed by atoms with van der Waals surface area (Å²) in [4.78, 5) is 0. The highest BCUT2D eigenvalue weighted by molar-refractivity contribution is 5.67. The van der Waals surface area contributed by atoms with E-state index in [4.69, 9.17) is 0 Å². The van der Waals surface area contributed by atoms with Gasteiger partial charge in [0.1, 0.15) is 5.82 Å². The van der Waals surface area contributed by atoms with E-state index in [0.717, 1.165) is 48.8 Å². The summed E-state index contributed by atoms with van der Waals surface area (Å²) in [7, 11) is 0. The quantitative estimate of drug-likeness (QED) is 0.516. The van der Waals surface area contributed by atoms with Crippen LogP contribution in [-0.2, 0) is 6.18 Å². The lowest BCUT2D eigenvalue weighted by atomic mass is 9.71. The van der Waals surface area contributed by atoms with Crippen LogP contribution in [0.5, 0.6) is 0 Å². The lowest BCUT2D eigenvalue weighted by Gasteiger charge is -2.34. The predicted molar refractivity (Wildman–Crippen MR) is 87.8 cm³/mol. The molecule has 0 N–H and O–H groups in total. The van der Waals surface area contributed by atoms with E-state index in [2.05, 4.69) is 13.0 Å². The van der Waals surface area contributed by atoms with Crippen molar-refractivity contribution in [2.75, 3.05) is 0 Å². The summed E-state index contributed by atoms with van der Waals surface area (Å²) in [5.41, 5.74) is 0.282. The average molecular weight is 340 g/mol. The molecule has 1 atom stereocenters. The van der Waals surface area contributed by atoms with E-state index >= 15 is 0 Å². The monoisotopic (exact) mass is 340 g/mol. The first-order chi connectivity index (χ1) is 11.3.